The molecule has 6 nitrogen and oxygen atoms in total. The van der Waals surface area contributed by atoms with Crippen molar-refractivity contribution < 1.29 is 4.79 Å². The average molecular weight is 326 g/mol. The number of carbonyl (C=O) groups excluding carboxylic acids is 1. The molecule has 0 saturated carbocycles. The van der Waals surface area contributed by atoms with Crippen molar-refractivity contribution in [2.24, 2.45) is 0 Å². The lowest BCUT2D eigenvalue weighted by Crippen LogP contribution is -2.31. The van der Waals surface area contributed by atoms with Gasteiger partial charge in [0.25, 0.3) is 11.5 Å². The molecular weight excluding hydrogens is 312 g/mol. The number of aromatic nitrogens is 3. The number of hydrogen-bond donors (Lipinski definition) is 1. The van der Waals surface area contributed by atoms with Crippen molar-refractivity contribution in [1.29, 1.82) is 0 Å². The van der Waals surface area contributed by atoms with Crippen molar-refractivity contribution >= 4 is 27.5 Å². The van der Waals surface area contributed by atoms with E-state index < -0.39 is 0 Å². The Bertz CT molecular complexity index is 879. The molecule has 1 aliphatic rings. The van der Waals surface area contributed by atoms with Crippen molar-refractivity contribution in [2.45, 2.75) is 18.9 Å². The van der Waals surface area contributed by atoms with E-state index in [1.165, 1.54) is 12.1 Å². The molecule has 0 bridgehead atoms. The standard InChI is InChI=1S/C16H14N4O2S/c21-14-8-7-11(18-19-14)16(22)20-9-3-5-12(20)15-17-10-4-1-2-6-13(10)23-15/h1-2,4,6-8,12H,3,5,9H2,(H,19,21)/t12-/m1/s1. The third-order valence-electron chi connectivity index (χ3n) is 4.01. The van der Waals surface area contributed by atoms with Gasteiger partial charge < -0.3 is 4.90 Å². The third kappa shape index (κ3) is 2.53. The fourth-order valence-corrected chi connectivity index (χ4v) is 4.03. The summed E-state index contributed by atoms with van der Waals surface area (Å²) in [7, 11) is 0. The Kier molecular flexibility index (Phi) is 3.42. The zero-order valence-electron chi connectivity index (χ0n) is 12.2. The summed E-state index contributed by atoms with van der Waals surface area (Å²) in [5.41, 5.74) is 0.914. The Labute approximate surface area is 135 Å². The van der Waals surface area contributed by atoms with Crippen molar-refractivity contribution in [2.75, 3.05) is 6.54 Å². The molecule has 23 heavy (non-hydrogen) atoms. The number of nitrogens with one attached hydrogen (secondary N) is 1. The van der Waals surface area contributed by atoms with Gasteiger partial charge >= 0.3 is 0 Å². The zero-order chi connectivity index (χ0) is 15.8. The number of nitrogens with zero attached hydrogens (tertiary/aromatic N) is 3. The average Bonchev–Trinajstić information content (AvgIpc) is 3.21. The minimum Gasteiger partial charge on any atom is -0.328 e. The first-order chi connectivity index (χ1) is 11.2. The van der Waals surface area contributed by atoms with E-state index in [0.717, 1.165) is 28.1 Å². The monoisotopic (exact) mass is 326 g/mol. The van der Waals surface area contributed by atoms with Crippen LogP contribution in [0.4, 0.5) is 0 Å². The van der Waals surface area contributed by atoms with Crippen molar-refractivity contribution in [3.05, 3.63) is 57.5 Å². The Balaban J connectivity index is 1.67. The molecule has 1 amide bonds. The maximum atomic E-state index is 12.7. The first-order valence-electron chi connectivity index (χ1n) is 7.44. The number of hydrogen-bond acceptors (Lipinski definition) is 5. The number of thiazole rings is 1. The van der Waals surface area contributed by atoms with Gasteiger partial charge in [-0.15, -0.1) is 11.3 Å². The predicted molar refractivity (Wildman–Crippen MR) is 87.5 cm³/mol. The summed E-state index contributed by atoms with van der Waals surface area (Å²) >= 11 is 1.63. The fourth-order valence-electron chi connectivity index (χ4n) is 2.91. The van der Waals surface area contributed by atoms with Crippen molar-refractivity contribution in [3.63, 3.8) is 0 Å². The second-order valence-electron chi connectivity index (χ2n) is 5.48. The van der Waals surface area contributed by atoms with Crippen LogP contribution in [0.2, 0.25) is 0 Å². The maximum Gasteiger partial charge on any atom is 0.274 e. The van der Waals surface area contributed by atoms with Crippen LogP contribution < -0.4 is 5.56 Å². The zero-order valence-corrected chi connectivity index (χ0v) is 13.0. The number of carbonyl (C=O) groups is 1. The Morgan fingerprint density at radius 1 is 1.26 bits per heavy atom. The molecule has 1 aromatic carbocycles. The molecular formula is C16H14N4O2S. The summed E-state index contributed by atoms with van der Waals surface area (Å²) in [6, 6.07) is 10.8. The quantitative estimate of drug-likeness (QED) is 0.784. The van der Waals surface area contributed by atoms with Crippen molar-refractivity contribution in [1.82, 2.24) is 20.1 Å². The van der Waals surface area contributed by atoms with E-state index >= 15 is 0 Å². The number of rotatable bonds is 2. The summed E-state index contributed by atoms with van der Waals surface area (Å²) in [5, 5.41) is 7.12. The first-order valence-corrected chi connectivity index (χ1v) is 8.26. The molecule has 116 valence electrons. The van der Waals surface area contributed by atoms with Crippen LogP contribution in [0.15, 0.2) is 41.2 Å². The summed E-state index contributed by atoms with van der Waals surface area (Å²) in [6.45, 7) is 0.681. The van der Waals surface area contributed by atoms with Crippen LogP contribution in [-0.2, 0) is 0 Å². The summed E-state index contributed by atoms with van der Waals surface area (Å²) < 4.78 is 1.13. The van der Waals surface area contributed by atoms with Crippen LogP contribution >= 0.6 is 11.3 Å². The summed E-state index contributed by atoms with van der Waals surface area (Å²) in [6.07, 6.45) is 1.84. The molecule has 1 N–H and O–H groups in total. The number of amides is 1. The largest absolute Gasteiger partial charge is 0.328 e. The highest BCUT2D eigenvalue weighted by Gasteiger charge is 2.33. The molecule has 1 saturated heterocycles. The van der Waals surface area contributed by atoms with Crippen LogP contribution in [0.25, 0.3) is 10.2 Å². The second-order valence-corrected chi connectivity index (χ2v) is 6.55. The van der Waals surface area contributed by atoms with Crippen LogP contribution in [0.5, 0.6) is 0 Å². The van der Waals surface area contributed by atoms with Crippen molar-refractivity contribution in [3.8, 4) is 0 Å². The van der Waals surface area contributed by atoms with Crippen LogP contribution in [0.1, 0.15) is 34.4 Å². The number of H-pyrrole nitrogens is 1. The summed E-state index contributed by atoms with van der Waals surface area (Å²) in [4.78, 5) is 30.3. The topological polar surface area (TPSA) is 79.0 Å². The van der Waals surface area contributed by atoms with Crippen LogP contribution in [0.3, 0.4) is 0 Å². The molecule has 1 aliphatic heterocycles. The third-order valence-corrected chi connectivity index (χ3v) is 5.15. The molecule has 0 aliphatic carbocycles. The lowest BCUT2D eigenvalue weighted by atomic mass is 10.2. The van der Waals surface area contributed by atoms with E-state index in [9.17, 15) is 9.59 Å². The SMILES string of the molecule is O=C(c1ccc(=O)[nH]n1)N1CCC[C@@H]1c1nc2ccccc2s1. The lowest BCUT2D eigenvalue weighted by Gasteiger charge is -2.22. The maximum absolute atomic E-state index is 12.7. The lowest BCUT2D eigenvalue weighted by molar-refractivity contribution is 0.0728. The molecule has 4 rings (SSSR count). The predicted octanol–water partition coefficient (Wildman–Crippen LogP) is 2.36. The van der Waals surface area contributed by atoms with Crippen LogP contribution in [-0.4, -0.2) is 32.5 Å². The van der Waals surface area contributed by atoms with Gasteiger partial charge in [-0.2, -0.15) is 5.10 Å². The molecule has 3 aromatic rings. The molecule has 7 heteroatoms. The van der Waals surface area contributed by atoms with Gasteiger partial charge in [0, 0.05) is 12.6 Å². The van der Waals surface area contributed by atoms with E-state index in [1.807, 2.05) is 24.3 Å². The normalized spacial score (nSPS) is 17.7. The second kappa shape index (κ2) is 5.58. The van der Waals surface area contributed by atoms with Crippen LogP contribution in [0, 0.1) is 0 Å². The number of likely N-dealkylation sites (tertiary alicyclic amines) is 1. The highest BCUT2D eigenvalue weighted by molar-refractivity contribution is 7.18. The molecule has 2 aromatic heterocycles. The van der Waals surface area contributed by atoms with Gasteiger partial charge in [-0.1, -0.05) is 12.1 Å². The van der Waals surface area contributed by atoms with E-state index in [0.29, 0.717) is 6.54 Å². The van der Waals surface area contributed by atoms with Gasteiger partial charge in [0.05, 0.1) is 16.3 Å². The Hall–Kier alpha value is -2.54. The van der Waals surface area contributed by atoms with Gasteiger partial charge in [-0.25, -0.2) is 10.1 Å². The first kappa shape index (κ1) is 14.1. The van der Waals surface area contributed by atoms with Gasteiger partial charge in [0.15, 0.2) is 0 Å². The molecule has 0 radical (unpaired) electrons. The smallest absolute Gasteiger partial charge is 0.274 e. The summed E-state index contributed by atoms with van der Waals surface area (Å²) in [5.74, 6) is -0.164. The highest BCUT2D eigenvalue weighted by Crippen LogP contribution is 2.36. The number of benzene rings is 1. The number of fused-ring (bicyclic) bond motifs is 1. The number of aromatic amines is 1. The Morgan fingerprint density at radius 2 is 2.13 bits per heavy atom. The van der Waals surface area contributed by atoms with E-state index in [2.05, 4.69) is 15.2 Å². The number of para-hydroxylation sites is 1. The fraction of sp³-hybridized carbons (Fsp3) is 0.250. The minimum absolute atomic E-state index is 0.0198. The van der Waals surface area contributed by atoms with Gasteiger partial charge in [0.2, 0.25) is 0 Å². The molecule has 0 unspecified atom stereocenters. The minimum atomic E-state index is -0.314. The molecule has 0 spiro atoms. The van der Waals surface area contributed by atoms with E-state index in [-0.39, 0.29) is 23.2 Å². The Morgan fingerprint density at radius 3 is 2.91 bits per heavy atom. The molecule has 3 heterocycles. The van der Waals surface area contributed by atoms with E-state index in [4.69, 9.17) is 0 Å². The van der Waals surface area contributed by atoms with Gasteiger partial charge in [-0.3, -0.25) is 9.59 Å². The highest BCUT2D eigenvalue weighted by atomic mass is 32.1. The van der Waals surface area contributed by atoms with Gasteiger partial charge in [-0.05, 0) is 31.0 Å². The molecule has 1 atom stereocenters. The molecule has 1 fully saturated rings. The van der Waals surface area contributed by atoms with Gasteiger partial charge in [0.1, 0.15) is 10.7 Å². The van der Waals surface area contributed by atoms with E-state index in [1.54, 1.807) is 16.2 Å².